The van der Waals surface area contributed by atoms with Crippen LogP contribution >= 0.6 is 0 Å². The lowest BCUT2D eigenvalue weighted by Crippen LogP contribution is -2.30. The van der Waals surface area contributed by atoms with E-state index < -0.39 is 10.0 Å². The van der Waals surface area contributed by atoms with E-state index in [4.69, 9.17) is 0 Å². The van der Waals surface area contributed by atoms with Crippen LogP contribution in [0.1, 0.15) is 16.1 Å². The minimum absolute atomic E-state index is 0.150. The lowest BCUT2D eigenvalue weighted by Gasteiger charge is -2.25. The number of carbonyl (C=O) groups is 1. The maximum absolute atomic E-state index is 13.5. The van der Waals surface area contributed by atoms with Gasteiger partial charge in [0.2, 0.25) is 0 Å². The van der Waals surface area contributed by atoms with Crippen LogP contribution in [0.25, 0.3) is 0 Å². The minimum atomic E-state index is -3.84. The van der Waals surface area contributed by atoms with Crippen LogP contribution in [0.2, 0.25) is 0 Å². The second-order valence-corrected chi connectivity index (χ2v) is 9.07. The predicted octanol–water partition coefficient (Wildman–Crippen LogP) is 4.07. The standard InChI is InChI=1S/C24H22N4O3S/c1-27-18-25-16-23(27)24(29)26-20-11-8-12-21(15-20)28(17-19-9-4-2-5-10-19)32(30,31)22-13-6-3-7-14-22/h2-16,18H,17H2,1H3,(H,26,29). The van der Waals surface area contributed by atoms with Gasteiger partial charge in [-0.2, -0.15) is 0 Å². The Hall–Kier alpha value is -3.91. The SMILES string of the molecule is Cn1cncc1C(=O)Nc1cccc(N(Cc2ccccc2)S(=O)(=O)c2ccccc2)c1. The van der Waals surface area contributed by atoms with Gasteiger partial charge >= 0.3 is 0 Å². The van der Waals surface area contributed by atoms with E-state index in [2.05, 4.69) is 10.3 Å². The highest BCUT2D eigenvalue weighted by molar-refractivity contribution is 7.92. The average molecular weight is 447 g/mol. The summed E-state index contributed by atoms with van der Waals surface area (Å²) < 4.78 is 30.0. The van der Waals surface area contributed by atoms with Crippen molar-refractivity contribution in [1.82, 2.24) is 9.55 Å². The van der Waals surface area contributed by atoms with Crippen LogP contribution in [0.4, 0.5) is 11.4 Å². The number of rotatable bonds is 7. The largest absolute Gasteiger partial charge is 0.330 e. The maximum Gasteiger partial charge on any atom is 0.273 e. The van der Waals surface area contributed by atoms with Gasteiger partial charge in [0.25, 0.3) is 15.9 Å². The molecule has 0 saturated carbocycles. The number of amides is 1. The van der Waals surface area contributed by atoms with Crippen LogP contribution in [0.3, 0.4) is 0 Å². The van der Waals surface area contributed by atoms with Gasteiger partial charge in [-0.05, 0) is 35.9 Å². The zero-order valence-electron chi connectivity index (χ0n) is 17.4. The molecule has 7 nitrogen and oxygen atoms in total. The number of aryl methyl sites for hydroxylation is 1. The predicted molar refractivity (Wildman–Crippen MR) is 124 cm³/mol. The van der Waals surface area contributed by atoms with Crippen molar-refractivity contribution < 1.29 is 13.2 Å². The van der Waals surface area contributed by atoms with Crippen LogP contribution < -0.4 is 9.62 Å². The number of carbonyl (C=O) groups excluding carboxylic acids is 1. The van der Waals surface area contributed by atoms with Gasteiger partial charge < -0.3 is 9.88 Å². The third-order valence-corrected chi connectivity index (χ3v) is 6.73. The zero-order valence-corrected chi connectivity index (χ0v) is 18.2. The highest BCUT2D eigenvalue weighted by Crippen LogP contribution is 2.28. The van der Waals surface area contributed by atoms with Gasteiger partial charge in [0.15, 0.2) is 0 Å². The molecule has 1 heterocycles. The fourth-order valence-corrected chi connectivity index (χ4v) is 4.76. The summed E-state index contributed by atoms with van der Waals surface area (Å²) in [4.78, 5) is 16.7. The van der Waals surface area contributed by atoms with Crippen molar-refractivity contribution in [1.29, 1.82) is 0 Å². The topological polar surface area (TPSA) is 84.3 Å². The summed E-state index contributed by atoms with van der Waals surface area (Å²) in [5.41, 5.74) is 2.17. The fourth-order valence-electron chi connectivity index (χ4n) is 3.29. The Morgan fingerprint density at radius 3 is 2.31 bits per heavy atom. The molecule has 8 heteroatoms. The van der Waals surface area contributed by atoms with Crippen molar-refractivity contribution in [2.75, 3.05) is 9.62 Å². The quantitative estimate of drug-likeness (QED) is 0.464. The van der Waals surface area contributed by atoms with Crippen molar-refractivity contribution in [3.8, 4) is 0 Å². The van der Waals surface area contributed by atoms with Gasteiger partial charge in [0, 0.05) is 12.7 Å². The minimum Gasteiger partial charge on any atom is -0.330 e. The lowest BCUT2D eigenvalue weighted by atomic mass is 10.2. The number of nitrogens with one attached hydrogen (secondary N) is 1. The number of anilines is 2. The van der Waals surface area contributed by atoms with E-state index >= 15 is 0 Å². The van der Waals surface area contributed by atoms with Gasteiger partial charge in [-0.3, -0.25) is 9.10 Å². The molecule has 1 N–H and O–H groups in total. The number of sulfonamides is 1. The summed E-state index contributed by atoms with van der Waals surface area (Å²) >= 11 is 0. The molecule has 0 aliphatic carbocycles. The Labute approximate surface area is 187 Å². The number of imidazole rings is 1. The van der Waals surface area contributed by atoms with Crippen molar-refractivity contribution >= 4 is 27.3 Å². The van der Waals surface area contributed by atoms with Crippen molar-refractivity contribution in [2.24, 2.45) is 7.05 Å². The molecule has 0 radical (unpaired) electrons. The molecule has 4 rings (SSSR count). The first-order valence-corrected chi connectivity index (χ1v) is 11.4. The van der Waals surface area contributed by atoms with Crippen LogP contribution in [-0.2, 0) is 23.6 Å². The van der Waals surface area contributed by atoms with Crippen molar-refractivity contribution in [3.05, 3.63) is 109 Å². The molecule has 0 saturated heterocycles. The van der Waals surface area contributed by atoms with Gasteiger partial charge in [0.05, 0.1) is 29.7 Å². The monoisotopic (exact) mass is 446 g/mol. The first-order chi connectivity index (χ1) is 15.4. The molecule has 4 aromatic rings. The lowest BCUT2D eigenvalue weighted by molar-refractivity contribution is 0.101. The normalized spacial score (nSPS) is 11.2. The Morgan fingerprint density at radius 2 is 1.66 bits per heavy atom. The third-order valence-electron chi connectivity index (χ3n) is 4.94. The van der Waals surface area contributed by atoms with Crippen LogP contribution in [-0.4, -0.2) is 23.9 Å². The number of nitrogens with zero attached hydrogens (tertiary/aromatic N) is 3. The second kappa shape index (κ2) is 9.07. The Morgan fingerprint density at radius 1 is 0.969 bits per heavy atom. The molecule has 0 unspecified atom stereocenters. The summed E-state index contributed by atoms with van der Waals surface area (Å²) in [6.07, 6.45) is 3.01. The van der Waals surface area contributed by atoms with Gasteiger partial charge in [-0.25, -0.2) is 13.4 Å². The Kier molecular flexibility index (Phi) is 6.04. The van der Waals surface area contributed by atoms with Crippen LogP contribution in [0.15, 0.2) is 102 Å². The van der Waals surface area contributed by atoms with E-state index in [9.17, 15) is 13.2 Å². The molecular weight excluding hydrogens is 424 g/mol. The summed E-state index contributed by atoms with van der Waals surface area (Å²) in [5.74, 6) is -0.331. The zero-order chi connectivity index (χ0) is 22.6. The summed E-state index contributed by atoms with van der Waals surface area (Å²) in [6, 6.07) is 24.5. The summed E-state index contributed by atoms with van der Waals surface area (Å²) in [6.45, 7) is 0.150. The first kappa shape index (κ1) is 21.3. The third kappa shape index (κ3) is 4.55. The van der Waals surface area contributed by atoms with E-state index in [1.54, 1.807) is 72.5 Å². The summed E-state index contributed by atoms with van der Waals surface area (Å²) in [7, 11) is -2.11. The molecule has 32 heavy (non-hydrogen) atoms. The van der Waals surface area contributed by atoms with E-state index in [1.807, 2.05) is 30.3 Å². The molecule has 162 valence electrons. The first-order valence-electron chi connectivity index (χ1n) is 9.94. The molecule has 0 bridgehead atoms. The number of hydrogen-bond donors (Lipinski definition) is 1. The number of hydrogen-bond acceptors (Lipinski definition) is 4. The smallest absolute Gasteiger partial charge is 0.273 e. The molecule has 0 spiro atoms. The molecule has 1 aromatic heterocycles. The van der Waals surface area contributed by atoms with E-state index in [0.29, 0.717) is 17.1 Å². The molecule has 0 atom stereocenters. The maximum atomic E-state index is 13.5. The summed E-state index contributed by atoms with van der Waals surface area (Å²) in [5, 5.41) is 2.81. The van der Waals surface area contributed by atoms with Crippen molar-refractivity contribution in [3.63, 3.8) is 0 Å². The molecular formula is C24H22N4O3S. The fraction of sp³-hybridized carbons (Fsp3) is 0.0833. The average Bonchev–Trinajstić information content (AvgIpc) is 3.25. The van der Waals surface area contributed by atoms with Crippen LogP contribution in [0, 0.1) is 0 Å². The number of benzene rings is 3. The van der Waals surface area contributed by atoms with Gasteiger partial charge in [-0.1, -0.05) is 54.6 Å². The Bertz CT molecular complexity index is 1320. The van der Waals surface area contributed by atoms with E-state index in [1.165, 1.54) is 10.5 Å². The highest BCUT2D eigenvalue weighted by atomic mass is 32.2. The second-order valence-electron chi connectivity index (χ2n) is 7.20. The molecule has 3 aromatic carbocycles. The Balaban J connectivity index is 1.70. The van der Waals surface area contributed by atoms with Crippen molar-refractivity contribution in [2.45, 2.75) is 11.4 Å². The molecule has 0 fully saturated rings. The molecule has 0 aliphatic heterocycles. The molecule has 0 aliphatic rings. The highest BCUT2D eigenvalue weighted by Gasteiger charge is 2.25. The molecule has 1 amide bonds. The number of aromatic nitrogens is 2. The van der Waals surface area contributed by atoms with E-state index in [0.717, 1.165) is 5.56 Å². The van der Waals surface area contributed by atoms with Crippen LogP contribution in [0.5, 0.6) is 0 Å². The van der Waals surface area contributed by atoms with Gasteiger partial charge in [-0.15, -0.1) is 0 Å². The van der Waals surface area contributed by atoms with E-state index in [-0.39, 0.29) is 17.3 Å². The van der Waals surface area contributed by atoms with Gasteiger partial charge in [0.1, 0.15) is 5.69 Å².